The number of carbonyl (C=O) groups excluding carboxylic acids is 1. The van der Waals surface area contributed by atoms with Gasteiger partial charge in [-0.1, -0.05) is 13.8 Å². The second-order valence-electron chi connectivity index (χ2n) is 5.34. The monoisotopic (exact) mass is 278 g/mol. The van der Waals surface area contributed by atoms with Crippen LogP contribution in [0.5, 0.6) is 0 Å². The van der Waals surface area contributed by atoms with Crippen LogP contribution < -0.4 is 4.90 Å². The molecule has 0 radical (unpaired) electrons. The van der Waals surface area contributed by atoms with Crippen molar-refractivity contribution in [2.24, 2.45) is 5.92 Å². The largest absolute Gasteiger partial charge is 0.339 e. The van der Waals surface area contributed by atoms with Gasteiger partial charge in [-0.2, -0.15) is 0 Å². The molecule has 1 fully saturated rings. The van der Waals surface area contributed by atoms with E-state index in [0.29, 0.717) is 5.91 Å². The van der Waals surface area contributed by atoms with E-state index in [-0.39, 0.29) is 5.92 Å². The maximum Gasteiger partial charge on any atom is 0.225 e. The lowest BCUT2D eigenvalue weighted by Crippen LogP contribution is -2.51. The van der Waals surface area contributed by atoms with E-state index in [1.165, 1.54) is 0 Å². The zero-order chi connectivity index (χ0) is 14.5. The Bertz CT molecular complexity index is 431. The van der Waals surface area contributed by atoms with Gasteiger partial charge in [0, 0.05) is 51.0 Å². The SMILES string of the molecule is CCC(CC)C(=O)N1CCN(c2nccn2CC)CC1. The number of nitrogens with zero attached hydrogens (tertiary/aromatic N) is 4. The van der Waals surface area contributed by atoms with Gasteiger partial charge in [-0.15, -0.1) is 0 Å². The van der Waals surface area contributed by atoms with Gasteiger partial charge in [0.1, 0.15) is 0 Å². The first-order valence-electron chi connectivity index (χ1n) is 7.76. The minimum absolute atomic E-state index is 0.194. The summed E-state index contributed by atoms with van der Waals surface area (Å²) in [5.74, 6) is 1.55. The third-order valence-corrected chi connectivity index (χ3v) is 4.24. The van der Waals surface area contributed by atoms with E-state index >= 15 is 0 Å². The van der Waals surface area contributed by atoms with Crippen LogP contribution in [0.2, 0.25) is 0 Å². The van der Waals surface area contributed by atoms with Crippen molar-refractivity contribution in [2.75, 3.05) is 31.1 Å². The van der Waals surface area contributed by atoms with Gasteiger partial charge in [-0.05, 0) is 19.8 Å². The molecule has 1 aliphatic heterocycles. The fraction of sp³-hybridized carbons (Fsp3) is 0.733. The van der Waals surface area contributed by atoms with Crippen LogP contribution in [-0.4, -0.2) is 46.5 Å². The van der Waals surface area contributed by atoms with Gasteiger partial charge in [0.2, 0.25) is 11.9 Å². The van der Waals surface area contributed by atoms with Crippen molar-refractivity contribution in [3.63, 3.8) is 0 Å². The first-order chi connectivity index (χ1) is 9.71. The molecule has 0 unspecified atom stereocenters. The highest BCUT2D eigenvalue weighted by Crippen LogP contribution is 2.17. The van der Waals surface area contributed by atoms with E-state index in [4.69, 9.17) is 0 Å². The van der Waals surface area contributed by atoms with Crippen molar-refractivity contribution < 1.29 is 4.79 Å². The van der Waals surface area contributed by atoms with Crippen molar-refractivity contribution >= 4 is 11.9 Å². The summed E-state index contributed by atoms with van der Waals surface area (Å²) in [6.07, 6.45) is 5.74. The molecular formula is C15H26N4O. The van der Waals surface area contributed by atoms with E-state index in [1.54, 1.807) is 0 Å². The lowest BCUT2D eigenvalue weighted by atomic mass is 10.0. The molecule has 0 spiro atoms. The normalized spacial score (nSPS) is 16.0. The number of anilines is 1. The number of amides is 1. The summed E-state index contributed by atoms with van der Waals surface area (Å²) in [4.78, 5) is 21.1. The highest BCUT2D eigenvalue weighted by atomic mass is 16.2. The predicted molar refractivity (Wildman–Crippen MR) is 80.8 cm³/mol. The average Bonchev–Trinajstić information content (AvgIpc) is 2.97. The van der Waals surface area contributed by atoms with Crippen LogP contribution in [0.25, 0.3) is 0 Å². The van der Waals surface area contributed by atoms with Crippen molar-refractivity contribution in [1.82, 2.24) is 14.5 Å². The van der Waals surface area contributed by atoms with E-state index in [0.717, 1.165) is 51.5 Å². The molecular weight excluding hydrogens is 252 g/mol. The predicted octanol–water partition coefficient (Wildman–Crippen LogP) is 1.99. The van der Waals surface area contributed by atoms with Crippen molar-refractivity contribution in [3.05, 3.63) is 12.4 Å². The highest BCUT2D eigenvalue weighted by molar-refractivity contribution is 5.79. The summed E-state index contributed by atoms with van der Waals surface area (Å²) in [5.41, 5.74) is 0. The molecule has 0 saturated carbocycles. The molecule has 5 heteroatoms. The molecule has 2 heterocycles. The van der Waals surface area contributed by atoms with Gasteiger partial charge in [-0.25, -0.2) is 4.98 Å². The molecule has 112 valence electrons. The van der Waals surface area contributed by atoms with Gasteiger partial charge < -0.3 is 14.4 Å². The van der Waals surface area contributed by atoms with Crippen LogP contribution in [0.4, 0.5) is 5.95 Å². The third kappa shape index (κ3) is 2.97. The summed E-state index contributed by atoms with van der Waals surface area (Å²) in [6, 6.07) is 0. The first kappa shape index (κ1) is 14.9. The third-order valence-electron chi connectivity index (χ3n) is 4.24. The topological polar surface area (TPSA) is 41.4 Å². The average molecular weight is 278 g/mol. The lowest BCUT2D eigenvalue weighted by Gasteiger charge is -2.36. The summed E-state index contributed by atoms with van der Waals surface area (Å²) < 4.78 is 2.15. The minimum atomic E-state index is 0.194. The van der Waals surface area contributed by atoms with E-state index in [2.05, 4.69) is 35.2 Å². The van der Waals surface area contributed by atoms with Crippen LogP contribution in [0, 0.1) is 5.92 Å². The van der Waals surface area contributed by atoms with Gasteiger partial charge in [-0.3, -0.25) is 4.79 Å². The summed E-state index contributed by atoms with van der Waals surface area (Å²) in [5, 5.41) is 0. The quantitative estimate of drug-likeness (QED) is 0.827. The maximum absolute atomic E-state index is 12.4. The Morgan fingerprint density at radius 3 is 2.40 bits per heavy atom. The Labute approximate surface area is 121 Å². The van der Waals surface area contributed by atoms with Crippen LogP contribution in [0.15, 0.2) is 12.4 Å². The number of carbonyl (C=O) groups is 1. The number of hydrogen-bond acceptors (Lipinski definition) is 3. The summed E-state index contributed by atoms with van der Waals surface area (Å²) in [7, 11) is 0. The zero-order valence-corrected chi connectivity index (χ0v) is 12.9. The van der Waals surface area contributed by atoms with Crippen LogP contribution in [0.1, 0.15) is 33.6 Å². The fourth-order valence-corrected chi connectivity index (χ4v) is 2.85. The second-order valence-corrected chi connectivity index (χ2v) is 5.34. The Morgan fingerprint density at radius 1 is 1.20 bits per heavy atom. The molecule has 1 aromatic heterocycles. The Morgan fingerprint density at radius 2 is 1.85 bits per heavy atom. The molecule has 0 aromatic carbocycles. The molecule has 2 rings (SSSR count). The summed E-state index contributed by atoms with van der Waals surface area (Å²) in [6.45, 7) is 10.6. The van der Waals surface area contributed by atoms with E-state index in [9.17, 15) is 4.79 Å². The van der Waals surface area contributed by atoms with Crippen molar-refractivity contribution in [3.8, 4) is 0 Å². The van der Waals surface area contributed by atoms with Crippen LogP contribution in [-0.2, 0) is 11.3 Å². The van der Waals surface area contributed by atoms with E-state index < -0.39 is 0 Å². The van der Waals surface area contributed by atoms with Crippen molar-refractivity contribution in [2.45, 2.75) is 40.2 Å². The first-order valence-corrected chi connectivity index (χ1v) is 7.76. The Hall–Kier alpha value is -1.52. The number of rotatable bonds is 5. The molecule has 20 heavy (non-hydrogen) atoms. The molecule has 1 amide bonds. The number of hydrogen-bond donors (Lipinski definition) is 0. The van der Waals surface area contributed by atoms with E-state index in [1.807, 2.05) is 17.3 Å². The molecule has 1 aromatic rings. The van der Waals surface area contributed by atoms with Gasteiger partial charge in [0.15, 0.2) is 0 Å². The number of piperazine rings is 1. The minimum Gasteiger partial charge on any atom is -0.339 e. The zero-order valence-electron chi connectivity index (χ0n) is 12.9. The maximum atomic E-state index is 12.4. The van der Waals surface area contributed by atoms with Crippen molar-refractivity contribution in [1.29, 1.82) is 0 Å². The molecule has 0 N–H and O–H groups in total. The molecule has 1 saturated heterocycles. The van der Waals surface area contributed by atoms with Crippen LogP contribution in [0.3, 0.4) is 0 Å². The van der Waals surface area contributed by atoms with Crippen LogP contribution >= 0.6 is 0 Å². The van der Waals surface area contributed by atoms with Gasteiger partial charge >= 0.3 is 0 Å². The van der Waals surface area contributed by atoms with Gasteiger partial charge in [0.25, 0.3) is 0 Å². The summed E-state index contributed by atoms with van der Waals surface area (Å²) >= 11 is 0. The molecule has 0 atom stereocenters. The molecule has 5 nitrogen and oxygen atoms in total. The van der Waals surface area contributed by atoms with Gasteiger partial charge in [0.05, 0.1) is 0 Å². The number of aryl methyl sites for hydroxylation is 1. The highest BCUT2D eigenvalue weighted by Gasteiger charge is 2.26. The Kier molecular flexibility index (Phi) is 5.04. The lowest BCUT2D eigenvalue weighted by molar-refractivity contribution is -0.136. The number of aromatic nitrogens is 2. The standard InChI is InChI=1S/C15H26N4O/c1-4-13(5-2)14(20)18-9-11-19(12-10-18)15-16-7-8-17(15)6-3/h7-8,13H,4-6,9-12H2,1-3H3. The fourth-order valence-electron chi connectivity index (χ4n) is 2.85. The second kappa shape index (κ2) is 6.77. The smallest absolute Gasteiger partial charge is 0.225 e. The molecule has 0 bridgehead atoms. The molecule has 1 aliphatic rings. The molecule has 0 aliphatic carbocycles. The Balaban J connectivity index is 1.94. The number of imidazole rings is 1.